The molecule has 0 aliphatic rings. The number of methoxy groups -OCH3 is 1. The van der Waals surface area contributed by atoms with E-state index in [1.165, 1.54) is 28.6 Å². The monoisotopic (exact) mass is 589 g/mol. The quantitative estimate of drug-likeness (QED) is 0.201. The minimum absolute atomic E-state index is 0.212. The Hall–Kier alpha value is -4.64. The summed E-state index contributed by atoms with van der Waals surface area (Å²) in [7, 11) is 1.44. The highest BCUT2D eigenvalue weighted by Crippen LogP contribution is 2.43. The van der Waals surface area contributed by atoms with E-state index in [1.807, 2.05) is 36.4 Å². The molecular formula is C28H24BrN5O5. The Balaban J connectivity index is 1.87. The highest BCUT2D eigenvalue weighted by Gasteiger charge is 2.34. The van der Waals surface area contributed by atoms with Crippen LogP contribution in [0.25, 0.3) is 11.4 Å². The van der Waals surface area contributed by atoms with Crippen LogP contribution in [-0.2, 0) is 0 Å². The Morgan fingerprint density at radius 1 is 0.846 bits per heavy atom. The van der Waals surface area contributed by atoms with Crippen LogP contribution in [0.1, 0.15) is 34.0 Å². The fourth-order valence-corrected chi connectivity index (χ4v) is 5.53. The highest BCUT2D eigenvalue weighted by molar-refractivity contribution is 9.10. The van der Waals surface area contributed by atoms with Gasteiger partial charge in [0, 0.05) is 29.1 Å². The molecule has 5 rings (SSSR count). The molecule has 11 heteroatoms. The molecule has 39 heavy (non-hydrogen) atoms. The van der Waals surface area contributed by atoms with Crippen LogP contribution >= 0.6 is 15.9 Å². The van der Waals surface area contributed by atoms with Crippen molar-refractivity contribution in [2.24, 2.45) is 0 Å². The third-order valence-corrected chi connectivity index (χ3v) is 7.21. The third-order valence-electron chi connectivity index (χ3n) is 6.62. The Kier molecular flexibility index (Phi) is 6.83. The zero-order valence-electron chi connectivity index (χ0n) is 21.3. The van der Waals surface area contributed by atoms with Crippen molar-refractivity contribution in [2.45, 2.75) is 19.8 Å². The van der Waals surface area contributed by atoms with Crippen molar-refractivity contribution in [1.82, 2.24) is 19.6 Å². The molecule has 3 aromatic carbocycles. The number of para-hydroxylation sites is 2. The molecule has 0 saturated heterocycles. The number of aryl methyl sites for hydroxylation is 2. The van der Waals surface area contributed by atoms with Crippen molar-refractivity contribution in [3.63, 3.8) is 0 Å². The molecule has 2 heterocycles. The standard InChI is InChI=1S/C28H24BrN5O5/c1-16-23(27(35)32(30-16)18-10-6-4-7-11-18)25(21-14-20(34(37)38)15-22(29)26(21)39-3)24-17(2)31-33(28(24)36)19-12-8-5-9-13-19/h4-15,25,30-31H,1-3H3. The van der Waals surface area contributed by atoms with Gasteiger partial charge in [0.25, 0.3) is 16.8 Å². The van der Waals surface area contributed by atoms with Crippen molar-refractivity contribution in [3.8, 4) is 17.1 Å². The minimum atomic E-state index is -1.00. The normalized spacial score (nSPS) is 11.2. The molecule has 0 unspecified atom stereocenters. The third kappa shape index (κ3) is 4.50. The average Bonchev–Trinajstić information content (AvgIpc) is 3.39. The predicted molar refractivity (Wildman–Crippen MR) is 151 cm³/mol. The Bertz CT molecular complexity index is 1700. The summed E-state index contributed by atoms with van der Waals surface area (Å²) in [5.41, 5.74) is 2.07. The highest BCUT2D eigenvalue weighted by atomic mass is 79.9. The number of non-ortho nitro benzene ring substituents is 1. The lowest BCUT2D eigenvalue weighted by atomic mass is 9.84. The first-order valence-electron chi connectivity index (χ1n) is 12.0. The molecule has 0 aliphatic heterocycles. The molecule has 0 amide bonds. The van der Waals surface area contributed by atoms with Crippen LogP contribution in [0.5, 0.6) is 5.75 Å². The molecule has 0 spiro atoms. The average molecular weight is 590 g/mol. The summed E-state index contributed by atoms with van der Waals surface area (Å²) in [6.07, 6.45) is 0. The van der Waals surface area contributed by atoms with Gasteiger partial charge in [0.15, 0.2) is 0 Å². The first-order chi connectivity index (χ1) is 18.7. The molecule has 0 radical (unpaired) electrons. The van der Waals surface area contributed by atoms with E-state index in [0.29, 0.717) is 32.8 Å². The van der Waals surface area contributed by atoms with Crippen LogP contribution in [0.2, 0.25) is 0 Å². The van der Waals surface area contributed by atoms with Gasteiger partial charge >= 0.3 is 0 Å². The Labute approximate surface area is 230 Å². The zero-order valence-corrected chi connectivity index (χ0v) is 22.9. The van der Waals surface area contributed by atoms with Crippen LogP contribution < -0.4 is 15.9 Å². The number of hydrogen-bond donors (Lipinski definition) is 2. The molecule has 2 N–H and O–H groups in total. The van der Waals surface area contributed by atoms with Crippen LogP contribution in [0.3, 0.4) is 0 Å². The molecule has 0 atom stereocenters. The summed E-state index contributed by atoms with van der Waals surface area (Å²) in [4.78, 5) is 39.3. The van der Waals surface area contributed by atoms with Crippen molar-refractivity contribution < 1.29 is 9.66 Å². The topological polar surface area (TPSA) is 128 Å². The number of hydrogen-bond acceptors (Lipinski definition) is 5. The summed E-state index contributed by atoms with van der Waals surface area (Å²) in [5, 5.41) is 18.1. The van der Waals surface area contributed by atoms with Crippen molar-refractivity contribution in [2.75, 3.05) is 7.11 Å². The Morgan fingerprint density at radius 2 is 1.31 bits per heavy atom. The van der Waals surface area contributed by atoms with Crippen LogP contribution in [0, 0.1) is 24.0 Å². The van der Waals surface area contributed by atoms with Gasteiger partial charge in [-0.25, -0.2) is 9.36 Å². The van der Waals surface area contributed by atoms with Gasteiger partial charge in [-0.3, -0.25) is 29.9 Å². The lowest BCUT2D eigenvalue weighted by Gasteiger charge is -2.19. The van der Waals surface area contributed by atoms with Gasteiger partial charge in [-0.05, 0) is 54.0 Å². The summed E-state index contributed by atoms with van der Waals surface area (Å²) in [6, 6.07) is 20.7. The van der Waals surface area contributed by atoms with E-state index in [0.717, 1.165) is 0 Å². The number of nitrogens with zero attached hydrogens (tertiary/aromatic N) is 3. The summed E-state index contributed by atoms with van der Waals surface area (Å²) in [5.74, 6) is -0.721. The molecule has 198 valence electrons. The van der Waals surface area contributed by atoms with E-state index in [2.05, 4.69) is 26.1 Å². The molecule has 10 nitrogen and oxygen atoms in total. The number of ether oxygens (including phenoxy) is 1. The van der Waals surface area contributed by atoms with Crippen LogP contribution in [0.15, 0.2) is 86.9 Å². The number of halogens is 1. The van der Waals surface area contributed by atoms with E-state index in [4.69, 9.17) is 4.74 Å². The lowest BCUT2D eigenvalue weighted by molar-refractivity contribution is -0.385. The number of nitrogens with one attached hydrogen (secondary N) is 2. The van der Waals surface area contributed by atoms with Gasteiger partial charge in [-0.15, -0.1) is 0 Å². The smallest absolute Gasteiger partial charge is 0.275 e. The maximum Gasteiger partial charge on any atom is 0.275 e. The maximum atomic E-state index is 14.0. The van der Waals surface area contributed by atoms with E-state index in [1.54, 1.807) is 38.1 Å². The van der Waals surface area contributed by atoms with E-state index in [-0.39, 0.29) is 33.7 Å². The summed E-state index contributed by atoms with van der Waals surface area (Å²) in [6.45, 7) is 3.47. The number of H-pyrrole nitrogens is 2. The molecule has 5 aromatic rings. The second kappa shape index (κ2) is 10.3. The molecule has 0 aliphatic carbocycles. The number of aromatic amines is 2. The minimum Gasteiger partial charge on any atom is -0.495 e. The fraction of sp³-hybridized carbons (Fsp3) is 0.143. The fourth-order valence-electron chi connectivity index (χ4n) is 4.91. The van der Waals surface area contributed by atoms with Crippen molar-refractivity contribution in [3.05, 3.63) is 136 Å². The van der Waals surface area contributed by atoms with E-state index in [9.17, 15) is 19.7 Å². The van der Waals surface area contributed by atoms with Gasteiger partial charge in [0.1, 0.15) is 5.75 Å². The number of rotatable bonds is 7. The van der Waals surface area contributed by atoms with Gasteiger partial charge in [0.2, 0.25) is 0 Å². The Morgan fingerprint density at radius 3 is 1.72 bits per heavy atom. The number of nitro groups is 1. The first kappa shape index (κ1) is 26.0. The van der Waals surface area contributed by atoms with E-state index < -0.39 is 10.8 Å². The summed E-state index contributed by atoms with van der Waals surface area (Å²) >= 11 is 3.39. The molecule has 0 bridgehead atoms. The maximum absolute atomic E-state index is 14.0. The molecule has 0 fully saturated rings. The molecule has 0 saturated carbocycles. The largest absolute Gasteiger partial charge is 0.495 e. The van der Waals surface area contributed by atoms with Gasteiger partial charge < -0.3 is 4.74 Å². The number of aromatic nitrogens is 4. The van der Waals surface area contributed by atoms with Gasteiger partial charge in [-0.2, -0.15) is 0 Å². The first-order valence-corrected chi connectivity index (χ1v) is 12.8. The SMILES string of the molecule is COc1c(Br)cc([N+](=O)[O-])cc1C(c1c(C)[nH]n(-c2ccccc2)c1=O)c1c(C)[nH]n(-c2ccccc2)c1=O. The van der Waals surface area contributed by atoms with Crippen LogP contribution in [-0.4, -0.2) is 31.6 Å². The second-order valence-corrected chi connectivity index (χ2v) is 9.85. The number of benzene rings is 3. The lowest BCUT2D eigenvalue weighted by Crippen LogP contribution is -2.25. The number of nitro benzene ring substituents is 1. The zero-order chi connectivity index (χ0) is 27.8. The van der Waals surface area contributed by atoms with Gasteiger partial charge in [-0.1, -0.05) is 36.4 Å². The summed E-state index contributed by atoms with van der Waals surface area (Å²) < 4.78 is 8.79. The van der Waals surface area contributed by atoms with Crippen molar-refractivity contribution >= 4 is 21.6 Å². The molecule has 2 aromatic heterocycles. The molecular weight excluding hydrogens is 566 g/mol. The van der Waals surface area contributed by atoms with Gasteiger partial charge in [0.05, 0.1) is 44.9 Å². The second-order valence-electron chi connectivity index (χ2n) is 8.99. The van der Waals surface area contributed by atoms with E-state index >= 15 is 0 Å². The van der Waals surface area contributed by atoms with Crippen LogP contribution in [0.4, 0.5) is 5.69 Å². The van der Waals surface area contributed by atoms with Crippen molar-refractivity contribution in [1.29, 1.82) is 0 Å². The predicted octanol–water partition coefficient (Wildman–Crippen LogP) is 5.12.